The van der Waals surface area contributed by atoms with Gasteiger partial charge in [0.2, 0.25) is 0 Å². The van der Waals surface area contributed by atoms with Crippen molar-refractivity contribution in [2.24, 2.45) is 5.92 Å². The Kier molecular flexibility index (Phi) is 5.85. The summed E-state index contributed by atoms with van der Waals surface area (Å²) >= 11 is 0. The van der Waals surface area contributed by atoms with E-state index in [4.69, 9.17) is 5.11 Å². The van der Waals surface area contributed by atoms with Gasteiger partial charge in [0, 0.05) is 24.8 Å². The van der Waals surface area contributed by atoms with E-state index in [1.54, 1.807) is 6.33 Å². The Balaban J connectivity index is 2.85. The van der Waals surface area contributed by atoms with Crippen LogP contribution in [-0.2, 0) is 0 Å². The van der Waals surface area contributed by atoms with Crippen LogP contribution in [0.2, 0.25) is 0 Å². The van der Waals surface area contributed by atoms with Crippen molar-refractivity contribution >= 4 is 11.6 Å². The summed E-state index contributed by atoms with van der Waals surface area (Å²) in [4.78, 5) is 8.50. The third-order valence-electron chi connectivity index (χ3n) is 3.00. The number of anilines is 2. The summed E-state index contributed by atoms with van der Waals surface area (Å²) in [5.41, 5.74) is 1.02. The number of rotatable bonds is 7. The average molecular weight is 252 g/mol. The molecule has 102 valence electrons. The molecule has 1 aromatic rings. The maximum Gasteiger partial charge on any atom is 0.134 e. The minimum Gasteiger partial charge on any atom is -0.396 e. The molecule has 1 atom stereocenters. The Labute approximate surface area is 109 Å². The maximum atomic E-state index is 9.09. The highest BCUT2D eigenvalue weighted by molar-refractivity contribution is 5.56. The first-order valence-corrected chi connectivity index (χ1v) is 6.53. The van der Waals surface area contributed by atoms with Gasteiger partial charge in [0.25, 0.3) is 0 Å². The van der Waals surface area contributed by atoms with E-state index in [9.17, 15) is 0 Å². The Morgan fingerprint density at radius 3 is 2.50 bits per heavy atom. The maximum absolute atomic E-state index is 9.09. The molecule has 0 aliphatic rings. The third kappa shape index (κ3) is 3.84. The number of aliphatic hydroxyl groups excluding tert-OH is 1. The Bertz CT molecular complexity index is 368. The molecule has 1 heterocycles. The first kappa shape index (κ1) is 14.7. The van der Waals surface area contributed by atoms with Gasteiger partial charge in [0.05, 0.1) is 0 Å². The van der Waals surface area contributed by atoms with Crippen molar-refractivity contribution in [2.45, 2.75) is 40.2 Å². The first-order chi connectivity index (χ1) is 8.60. The monoisotopic (exact) mass is 252 g/mol. The van der Waals surface area contributed by atoms with Crippen LogP contribution < -0.4 is 10.6 Å². The molecule has 0 aliphatic heterocycles. The smallest absolute Gasteiger partial charge is 0.134 e. The summed E-state index contributed by atoms with van der Waals surface area (Å²) in [7, 11) is 0. The van der Waals surface area contributed by atoms with Crippen LogP contribution in [0.3, 0.4) is 0 Å². The Morgan fingerprint density at radius 1 is 1.28 bits per heavy atom. The number of hydrogen-bond donors (Lipinski definition) is 3. The lowest BCUT2D eigenvalue weighted by atomic mass is 10.0. The lowest BCUT2D eigenvalue weighted by molar-refractivity contribution is 0.267. The fourth-order valence-corrected chi connectivity index (χ4v) is 1.83. The zero-order valence-corrected chi connectivity index (χ0v) is 11.7. The van der Waals surface area contributed by atoms with Crippen LogP contribution in [0.25, 0.3) is 0 Å². The molecule has 1 unspecified atom stereocenters. The molecular formula is C13H24N4O. The van der Waals surface area contributed by atoms with E-state index in [0.717, 1.165) is 30.2 Å². The average Bonchev–Trinajstić information content (AvgIpc) is 2.33. The summed E-state index contributed by atoms with van der Waals surface area (Å²) < 4.78 is 0. The predicted molar refractivity (Wildman–Crippen MR) is 74.9 cm³/mol. The van der Waals surface area contributed by atoms with Gasteiger partial charge in [-0.1, -0.05) is 13.8 Å². The minimum atomic E-state index is 0.181. The number of nitrogens with one attached hydrogen (secondary N) is 2. The van der Waals surface area contributed by atoms with E-state index in [1.165, 1.54) is 0 Å². The second-order valence-electron chi connectivity index (χ2n) is 4.73. The summed E-state index contributed by atoms with van der Waals surface area (Å²) in [6, 6.07) is 0.220. The fraction of sp³-hybridized carbons (Fsp3) is 0.692. The fourth-order valence-electron chi connectivity index (χ4n) is 1.83. The van der Waals surface area contributed by atoms with E-state index in [-0.39, 0.29) is 12.6 Å². The predicted octanol–water partition coefficient (Wildman–Crippen LogP) is 2.04. The van der Waals surface area contributed by atoms with E-state index in [2.05, 4.69) is 34.4 Å². The topological polar surface area (TPSA) is 70.1 Å². The number of aromatic nitrogens is 2. The molecule has 0 amide bonds. The van der Waals surface area contributed by atoms with Crippen LogP contribution in [0.15, 0.2) is 6.33 Å². The minimum absolute atomic E-state index is 0.181. The van der Waals surface area contributed by atoms with Gasteiger partial charge < -0.3 is 15.7 Å². The summed E-state index contributed by atoms with van der Waals surface area (Å²) in [6.45, 7) is 9.32. The molecule has 0 bridgehead atoms. The molecule has 0 saturated heterocycles. The molecule has 5 heteroatoms. The van der Waals surface area contributed by atoms with E-state index in [1.807, 2.05) is 13.8 Å². The van der Waals surface area contributed by atoms with Gasteiger partial charge in [0.15, 0.2) is 0 Å². The van der Waals surface area contributed by atoms with Crippen molar-refractivity contribution in [3.8, 4) is 0 Å². The summed E-state index contributed by atoms with van der Waals surface area (Å²) in [5, 5.41) is 15.7. The van der Waals surface area contributed by atoms with E-state index in [0.29, 0.717) is 5.92 Å². The second-order valence-corrected chi connectivity index (χ2v) is 4.73. The van der Waals surface area contributed by atoms with Crippen molar-refractivity contribution in [1.29, 1.82) is 0 Å². The van der Waals surface area contributed by atoms with Gasteiger partial charge in [-0.2, -0.15) is 0 Å². The Hall–Kier alpha value is -1.36. The van der Waals surface area contributed by atoms with Gasteiger partial charge in [-0.05, 0) is 26.2 Å². The highest BCUT2D eigenvalue weighted by Crippen LogP contribution is 2.21. The largest absolute Gasteiger partial charge is 0.396 e. The molecule has 1 rings (SSSR count). The van der Waals surface area contributed by atoms with Gasteiger partial charge in [0.1, 0.15) is 18.0 Å². The second kappa shape index (κ2) is 7.16. The quantitative estimate of drug-likeness (QED) is 0.692. The first-order valence-electron chi connectivity index (χ1n) is 6.53. The third-order valence-corrected chi connectivity index (χ3v) is 3.00. The molecular weight excluding hydrogens is 228 g/mol. The standard InChI is InChI=1S/C13H24N4O/c1-5-14-12-10(4)13(16-8-15-12)17-11(6-7-18)9(2)3/h8-9,11,18H,5-7H2,1-4H3,(H2,14,15,16,17). The molecule has 18 heavy (non-hydrogen) atoms. The SMILES string of the molecule is CCNc1ncnc(NC(CCO)C(C)C)c1C. The van der Waals surface area contributed by atoms with Crippen LogP contribution in [0, 0.1) is 12.8 Å². The van der Waals surface area contributed by atoms with Crippen LogP contribution in [0.4, 0.5) is 11.6 Å². The zero-order chi connectivity index (χ0) is 13.5. The van der Waals surface area contributed by atoms with Crippen molar-refractivity contribution in [3.05, 3.63) is 11.9 Å². The molecule has 0 aromatic carbocycles. The molecule has 0 aliphatic carbocycles. The van der Waals surface area contributed by atoms with Crippen molar-refractivity contribution in [2.75, 3.05) is 23.8 Å². The van der Waals surface area contributed by atoms with Gasteiger partial charge >= 0.3 is 0 Å². The van der Waals surface area contributed by atoms with Crippen LogP contribution in [0.5, 0.6) is 0 Å². The summed E-state index contributed by atoms with van der Waals surface area (Å²) in [6.07, 6.45) is 2.28. The van der Waals surface area contributed by atoms with Crippen molar-refractivity contribution < 1.29 is 5.11 Å². The molecule has 0 spiro atoms. The van der Waals surface area contributed by atoms with E-state index < -0.39 is 0 Å². The zero-order valence-electron chi connectivity index (χ0n) is 11.7. The van der Waals surface area contributed by atoms with Crippen LogP contribution in [-0.4, -0.2) is 34.3 Å². The van der Waals surface area contributed by atoms with Crippen LogP contribution in [0.1, 0.15) is 32.8 Å². The normalized spacial score (nSPS) is 12.6. The molecule has 5 nitrogen and oxygen atoms in total. The van der Waals surface area contributed by atoms with E-state index >= 15 is 0 Å². The van der Waals surface area contributed by atoms with Gasteiger partial charge in [-0.3, -0.25) is 0 Å². The number of hydrogen-bond acceptors (Lipinski definition) is 5. The lowest BCUT2D eigenvalue weighted by Crippen LogP contribution is -2.28. The Morgan fingerprint density at radius 2 is 1.94 bits per heavy atom. The van der Waals surface area contributed by atoms with Crippen LogP contribution >= 0.6 is 0 Å². The molecule has 0 radical (unpaired) electrons. The summed E-state index contributed by atoms with van der Waals surface area (Å²) in [5.74, 6) is 2.14. The van der Waals surface area contributed by atoms with Gasteiger partial charge in [-0.25, -0.2) is 9.97 Å². The highest BCUT2D eigenvalue weighted by atomic mass is 16.3. The molecule has 0 fully saturated rings. The van der Waals surface area contributed by atoms with Crippen molar-refractivity contribution in [3.63, 3.8) is 0 Å². The number of nitrogens with zero attached hydrogens (tertiary/aromatic N) is 2. The van der Waals surface area contributed by atoms with Crippen molar-refractivity contribution in [1.82, 2.24) is 9.97 Å². The lowest BCUT2D eigenvalue weighted by Gasteiger charge is -2.23. The van der Waals surface area contributed by atoms with Gasteiger partial charge in [-0.15, -0.1) is 0 Å². The molecule has 0 saturated carbocycles. The molecule has 1 aromatic heterocycles. The number of aliphatic hydroxyl groups is 1. The molecule has 3 N–H and O–H groups in total. The highest BCUT2D eigenvalue weighted by Gasteiger charge is 2.15.